The Kier molecular flexibility index (Phi) is 3.35. The molecule has 0 heterocycles. The SMILES string of the molecule is Cc1ccc(NNc2ccccc2N=O)cc1. The fraction of sp³-hybridized carbons (Fsp3) is 0.0769. The number of rotatable bonds is 4. The van der Waals surface area contributed by atoms with Gasteiger partial charge in [-0.05, 0) is 36.4 Å². The fourth-order valence-electron chi connectivity index (χ4n) is 1.44. The molecule has 2 N–H and O–H groups in total. The van der Waals surface area contributed by atoms with E-state index in [9.17, 15) is 4.91 Å². The van der Waals surface area contributed by atoms with E-state index in [0.29, 0.717) is 11.4 Å². The van der Waals surface area contributed by atoms with E-state index < -0.39 is 0 Å². The zero-order chi connectivity index (χ0) is 12.1. The maximum absolute atomic E-state index is 10.6. The average Bonchev–Trinajstić information content (AvgIpc) is 2.38. The normalized spacial score (nSPS) is 9.71. The molecule has 2 aromatic rings. The smallest absolute Gasteiger partial charge is 0.132 e. The molecule has 0 unspecified atom stereocenters. The molecular formula is C13H13N3O. The van der Waals surface area contributed by atoms with Crippen molar-refractivity contribution in [1.82, 2.24) is 0 Å². The second kappa shape index (κ2) is 5.12. The molecule has 0 aliphatic rings. The molecule has 0 aliphatic carbocycles. The summed E-state index contributed by atoms with van der Waals surface area (Å²) in [7, 11) is 0. The van der Waals surface area contributed by atoms with Crippen LogP contribution < -0.4 is 10.9 Å². The van der Waals surface area contributed by atoms with Crippen LogP contribution in [0.5, 0.6) is 0 Å². The summed E-state index contributed by atoms with van der Waals surface area (Å²) in [6, 6.07) is 15.0. The van der Waals surface area contributed by atoms with Gasteiger partial charge in [0.05, 0.1) is 11.4 Å². The predicted octanol–water partition coefficient (Wildman–Crippen LogP) is 3.83. The summed E-state index contributed by atoms with van der Waals surface area (Å²) in [6.45, 7) is 2.03. The molecule has 0 spiro atoms. The standard InChI is InChI=1S/C13H13N3O/c1-10-6-8-11(9-7-10)14-15-12-4-2-3-5-13(12)16-17/h2-9,14-15H,1H3. The summed E-state index contributed by atoms with van der Waals surface area (Å²) < 4.78 is 0. The number of benzene rings is 2. The van der Waals surface area contributed by atoms with Crippen LogP contribution in [0.15, 0.2) is 53.7 Å². The van der Waals surface area contributed by atoms with Gasteiger partial charge >= 0.3 is 0 Å². The summed E-state index contributed by atoms with van der Waals surface area (Å²) in [4.78, 5) is 10.6. The summed E-state index contributed by atoms with van der Waals surface area (Å²) in [6.07, 6.45) is 0. The highest BCUT2D eigenvalue weighted by Crippen LogP contribution is 2.23. The number of para-hydroxylation sites is 1. The third kappa shape index (κ3) is 2.81. The van der Waals surface area contributed by atoms with Crippen molar-refractivity contribution in [2.45, 2.75) is 6.92 Å². The Morgan fingerprint density at radius 2 is 1.65 bits per heavy atom. The molecule has 0 radical (unpaired) electrons. The molecule has 0 saturated carbocycles. The zero-order valence-electron chi connectivity index (χ0n) is 9.47. The number of aryl methyl sites for hydroxylation is 1. The van der Waals surface area contributed by atoms with Crippen molar-refractivity contribution in [2.24, 2.45) is 5.18 Å². The van der Waals surface area contributed by atoms with Gasteiger partial charge in [0, 0.05) is 0 Å². The molecule has 86 valence electrons. The number of nitrogens with one attached hydrogen (secondary N) is 2. The van der Waals surface area contributed by atoms with Crippen LogP contribution in [0.1, 0.15) is 5.56 Å². The zero-order valence-corrected chi connectivity index (χ0v) is 9.47. The molecule has 0 bridgehead atoms. The summed E-state index contributed by atoms with van der Waals surface area (Å²) >= 11 is 0. The van der Waals surface area contributed by atoms with Crippen molar-refractivity contribution in [1.29, 1.82) is 0 Å². The Bertz CT molecular complexity index is 508. The van der Waals surface area contributed by atoms with E-state index in [1.54, 1.807) is 18.2 Å². The summed E-state index contributed by atoms with van der Waals surface area (Å²) in [5.41, 5.74) is 9.13. The number of anilines is 2. The van der Waals surface area contributed by atoms with Crippen LogP contribution in [0, 0.1) is 11.8 Å². The molecule has 4 heteroatoms. The maximum Gasteiger partial charge on any atom is 0.132 e. The van der Waals surface area contributed by atoms with Crippen LogP contribution in [0.2, 0.25) is 0 Å². The highest BCUT2D eigenvalue weighted by atomic mass is 16.3. The van der Waals surface area contributed by atoms with Gasteiger partial charge in [-0.1, -0.05) is 29.8 Å². The van der Waals surface area contributed by atoms with Crippen LogP contribution in [-0.4, -0.2) is 0 Å². The lowest BCUT2D eigenvalue weighted by molar-refractivity contribution is 1.37. The lowest BCUT2D eigenvalue weighted by atomic mass is 10.2. The quantitative estimate of drug-likeness (QED) is 0.616. The van der Waals surface area contributed by atoms with Crippen molar-refractivity contribution in [3.05, 3.63) is 59.0 Å². The van der Waals surface area contributed by atoms with Crippen LogP contribution in [0.3, 0.4) is 0 Å². The Morgan fingerprint density at radius 3 is 2.35 bits per heavy atom. The molecule has 17 heavy (non-hydrogen) atoms. The Morgan fingerprint density at radius 1 is 0.941 bits per heavy atom. The van der Waals surface area contributed by atoms with Gasteiger partial charge < -0.3 is 5.43 Å². The first-order chi connectivity index (χ1) is 8.29. The van der Waals surface area contributed by atoms with Gasteiger partial charge in [0.1, 0.15) is 5.69 Å². The lowest BCUT2D eigenvalue weighted by Crippen LogP contribution is -2.08. The van der Waals surface area contributed by atoms with Crippen LogP contribution >= 0.6 is 0 Å². The van der Waals surface area contributed by atoms with Gasteiger partial charge in [0.15, 0.2) is 0 Å². The molecule has 0 saturated heterocycles. The van der Waals surface area contributed by atoms with Crippen LogP contribution in [0.25, 0.3) is 0 Å². The van der Waals surface area contributed by atoms with Gasteiger partial charge in [0.25, 0.3) is 0 Å². The number of nitrogens with zero attached hydrogens (tertiary/aromatic N) is 1. The lowest BCUT2D eigenvalue weighted by Gasteiger charge is -2.10. The number of hydrazine groups is 1. The van der Waals surface area contributed by atoms with E-state index in [1.807, 2.05) is 37.3 Å². The predicted molar refractivity (Wildman–Crippen MR) is 70.3 cm³/mol. The van der Waals surface area contributed by atoms with E-state index >= 15 is 0 Å². The highest BCUT2D eigenvalue weighted by molar-refractivity contribution is 5.67. The molecule has 0 amide bonds. The van der Waals surface area contributed by atoms with Crippen molar-refractivity contribution in [3.8, 4) is 0 Å². The van der Waals surface area contributed by atoms with E-state index in [0.717, 1.165) is 5.69 Å². The van der Waals surface area contributed by atoms with Crippen molar-refractivity contribution < 1.29 is 0 Å². The monoisotopic (exact) mass is 227 g/mol. The molecule has 0 aromatic heterocycles. The minimum absolute atomic E-state index is 0.382. The van der Waals surface area contributed by atoms with E-state index in [2.05, 4.69) is 16.0 Å². The van der Waals surface area contributed by atoms with Gasteiger partial charge in [-0.3, -0.25) is 5.43 Å². The van der Waals surface area contributed by atoms with Crippen molar-refractivity contribution >= 4 is 17.1 Å². The summed E-state index contributed by atoms with van der Waals surface area (Å²) in [5.74, 6) is 0. The number of hydrogen-bond acceptors (Lipinski definition) is 4. The molecule has 4 nitrogen and oxygen atoms in total. The third-order valence-corrected chi connectivity index (χ3v) is 2.40. The average molecular weight is 227 g/mol. The first-order valence-electron chi connectivity index (χ1n) is 5.30. The van der Waals surface area contributed by atoms with Crippen LogP contribution in [0.4, 0.5) is 17.1 Å². The Hall–Kier alpha value is -2.36. The van der Waals surface area contributed by atoms with Gasteiger partial charge in [-0.25, -0.2) is 0 Å². The first-order valence-corrected chi connectivity index (χ1v) is 5.30. The molecule has 0 atom stereocenters. The topological polar surface area (TPSA) is 53.5 Å². The van der Waals surface area contributed by atoms with Gasteiger partial charge in [-0.2, -0.15) is 0 Å². The number of nitroso groups, excluding NO2 is 1. The first kappa shape index (κ1) is 11.1. The molecule has 0 aliphatic heterocycles. The minimum atomic E-state index is 0.382. The second-order valence-corrected chi connectivity index (χ2v) is 3.72. The largest absolute Gasteiger partial charge is 0.301 e. The minimum Gasteiger partial charge on any atom is -0.301 e. The fourth-order valence-corrected chi connectivity index (χ4v) is 1.44. The van der Waals surface area contributed by atoms with Crippen LogP contribution in [-0.2, 0) is 0 Å². The summed E-state index contributed by atoms with van der Waals surface area (Å²) in [5, 5.41) is 2.94. The third-order valence-electron chi connectivity index (χ3n) is 2.40. The molecule has 2 rings (SSSR count). The molecular weight excluding hydrogens is 214 g/mol. The van der Waals surface area contributed by atoms with E-state index in [1.165, 1.54) is 5.56 Å². The van der Waals surface area contributed by atoms with Gasteiger partial charge in [0.2, 0.25) is 0 Å². The van der Waals surface area contributed by atoms with E-state index in [-0.39, 0.29) is 0 Å². The van der Waals surface area contributed by atoms with E-state index in [4.69, 9.17) is 0 Å². The Balaban J connectivity index is 2.07. The number of hydrogen-bond donors (Lipinski definition) is 2. The highest BCUT2D eigenvalue weighted by Gasteiger charge is 2.00. The van der Waals surface area contributed by atoms with Crippen molar-refractivity contribution in [2.75, 3.05) is 10.9 Å². The Labute approximate surface area is 99.6 Å². The molecule has 2 aromatic carbocycles. The van der Waals surface area contributed by atoms with Crippen molar-refractivity contribution in [3.63, 3.8) is 0 Å². The molecule has 0 fully saturated rings. The van der Waals surface area contributed by atoms with Gasteiger partial charge in [-0.15, -0.1) is 4.91 Å². The maximum atomic E-state index is 10.6. The second-order valence-electron chi connectivity index (χ2n) is 3.72.